The molecule has 1 saturated heterocycles. The minimum atomic E-state index is -3.57. The second-order valence-electron chi connectivity index (χ2n) is 4.31. The summed E-state index contributed by atoms with van der Waals surface area (Å²) in [5, 5.41) is 0. The van der Waals surface area contributed by atoms with Gasteiger partial charge in [-0.05, 0) is 26.7 Å². The molecule has 0 aromatic heterocycles. The number of sulfonamides is 1. The van der Waals surface area contributed by atoms with E-state index in [0.29, 0.717) is 19.4 Å². The standard InChI is InChI=1S/C10H20N2O4S/c1-3-16-10(13)7-17(14,15)12-5-4-9(11)6-8(12)2/h8-9H,3-7,11H2,1-2H3. The van der Waals surface area contributed by atoms with Gasteiger partial charge in [0.1, 0.15) is 0 Å². The van der Waals surface area contributed by atoms with Crippen molar-refractivity contribution in [2.75, 3.05) is 18.9 Å². The van der Waals surface area contributed by atoms with E-state index in [9.17, 15) is 13.2 Å². The van der Waals surface area contributed by atoms with Gasteiger partial charge in [-0.1, -0.05) is 0 Å². The topological polar surface area (TPSA) is 89.7 Å². The summed E-state index contributed by atoms with van der Waals surface area (Å²) in [5.41, 5.74) is 5.77. The molecular formula is C10H20N2O4S. The van der Waals surface area contributed by atoms with Crippen molar-refractivity contribution in [3.05, 3.63) is 0 Å². The zero-order chi connectivity index (χ0) is 13.1. The van der Waals surface area contributed by atoms with Gasteiger partial charge in [0.25, 0.3) is 0 Å². The summed E-state index contributed by atoms with van der Waals surface area (Å²) in [6.07, 6.45) is 1.26. The van der Waals surface area contributed by atoms with E-state index in [1.807, 2.05) is 6.92 Å². The molecule has 0 aromatic rings. The molecule has 1 rings (SSSR count). The number of carbonyl (C=O) groups excluding carboxylic acids is 1. The van der Waals surface area contributed by atoms with E-state index in [1.165, 1.54) is 4.31 Å². The largest absolute Gasteiger partial charge is 0.465 e. The summed E-state index contributed by atoms with van der Waals surface area (Å²) in [7, 11) is -3.57. The van der Waals surface area contributed by atoms with Crippen LogP contribution in [0.2, 0.25) is 0 Å². The number of ether oxygens (including phenoxy) is 1. The van der Waals surface area contributed by atoms with Crippen LogP contribution >= 0.6 is 0 Å². The summed E-state index contributed by atoms with van der Waals surface area (Å²) in [6, 6.07) is -0.114. The van der Waals surface area contributed by atoms with Gasteiger partial charge in [-0.15, -0.1) is 0 Å². The average molecular weight is 264 g/mol. The Bertz CT molecular complexity index is 369. The van der Waals surface area contributed by atoms with Gasteiger partial charge >= 0.3 is 5.97 Å². The van der Waals surface area contributed by atoms with Crippen molar-refractivity contribution in [1.29, 1.82) is 0 Å². The lowest BCUT2D eigenvalue weighted by Crippen LogP contribution is -2.49. The lowest BCUT2D eigenvalue weighted by Gasteiger charge is -2.34. The summed E-state index contributed by atoms with van der Waals surface area (Å²) in [5.74, 6) is -1.28. The Balaban J connectivity index is 2.67. The first-order valence-electron chi connectivity index (χ1n) is 5.77. The summed E-state index contributed by atoms with van der Waals surface area (Å²) in [4.78, 5) is 11.2. The number of esters is 1. The van der Waals surface area contributed by atoms with Crippen molar-refractivity contribution < 1.29 is 17.9 Å². The Morgan fingerprint density at radius 3 is 2.71 bits per heavy atom. The average Bonchev–Trinajstić information content (AvgIpc) is 2.15. The maximum Gasteiger partial charge on any atom is 0.322 e. The second-order valence-corrected chi connectivity index (χ2v) is 6.23. The first-order chi connectivity index (χ1) is 7.86. The van der Waals surface area contributed by atoms with E-state index < -0.39 is 21.7 Å². The molecule has 7 heteroatoms. The Morgan fingerprint density at radius 1 is 1.53 bits per heavy atom. The van der Waals surface area contributed by atoms with Crippen molar-refractivity contribution in [3.8, 4) is 0 Å². The number of hydrogen-bond donors (Lipinski definition) is 1. The molecule has 2 N–H and O–H groups in total. The molecule has 0 radical (unpaired) electrons. The molecule has 1 aliphatic rings. The third-order valence-corrected chi connectivity index (χ3v) is 4.68. The van der Waals surface area contributed by atoms with E-state index in [-0.39, 0.29) is 18.7 Å². The van der Waals surface area contributed by atoms with Gasteiger partial charge in [0.15, 0.2) is 5.75 Å². The van der Waals surface area contributed by atoms with Crippen LogP contribution in [0.4, 0.5) is 0 Å². The van der Waals surface area contributed by atoms with Gasteiger partial charge in [-0.3, -0.25) is 4.79 Å². The highest BCUT2D eigenvalue weighted by molar-refractivity contribution is 7.89. The SMILES string of the molecule is CCOC(=O)CS(=O)(=O)N1CCC(N)CC1C. The third-order valence-electron chi connectivity index (χ3n) is 2.82. The van der Waals surface area contributed by atoms with Gasteiger partial charge in [0.2, 0.25) is 10.0 Å². The Kier molecular flexibility index (Phi) is 4.91. The van der Waals surface area contributed by atoms with Crippen molar-refractivity contribution in [1.82, 2.24) is 4.31 Å². The zero-order valence-corrected chi connectivity index (χ0v) is 11.1. The van der Waals surface area contributed by atoms with E-state index in [2.05, 4.69) is 4.74 Å². The summed E-state index contributed by atoms with van der Waals surface area (Å²) < 4.78 is 30.0. The lowest BCUT2D eigenvalue weighted by molar-refractivity contribution is -0.140. The Hall–Kier alpha value is -0.660. The number of nitrogens with two attached hydrogens (primary N) is 1. The first-order valence-corrected chi connectivity index (χ1v) is 7.38. The summed E-state index contributed by atoms with van der Waals surface area (Å²) >= 11 is 0. The first kappa shape index (κ1) is 14.4. The highest BCUT2D eigenvalue weighted by Gasteiger charge is 2.33. The molecule has 100 valence electrons. The van der Waals surface area contributed by atoms with E-state index in [4.69, 9.17) is 5.73 Å². The van der Waals surface area contributed by atoms with Crippen LogP contribution in [0.25, 0.3) is 0 Å². The van der Waals surface area contributed by atoms with Crippen LogP contribution in [-0.2, 0) is 19.6 Å². The van der Waals surface area contributed by atoms with Crippen LogP contribution in [-0.4, -0.2) is 49.7 Å². The molecule has 0 saturated carbocycles. The van der Waals surface area contributed by atoms with Crippen LogP contribution in [0.15, 0.2) is 0 Å². The lowest BCUT2D eigenvalue weighted by atomic mass is 10.0. The van der Waals surface area contributed by atoms with Gasteiger partial charge in [-0.25, -0.2) is 8.42 Å². The normalized spacial score (nSPS) is 26.8. The number of rotatable bonds is 4. The molecule has 0 spiro atoms. The monoisotopic (exact) mass is 264 g/mol. The summed E-state index contributed by atoms with van der Waals surface area (Å²) in [6.45, 7) is 4.02. The van der Waals surface area contributed by atoms with E-state index >= 15 is 0 Å². The molecule has 1 fully saturated rings. The number of nitrogens with zero attached hydrogens (tertiary/aromatic N) is 1. The van der Waals surface area contributed by atoms with Gasteiger partial charge < -0.3 is 10.5 Å². The minimum Gasteiger partial charge on any atom is -0.465 e. The maximum absolute atomic E-state index is 12.0. The molecule has 17 heavy (non-hydrogen) atoms. The molecule has 1 heterocycles. The van der Waals surface area contributed by atoms with Crippen molar-refractivity contribution in [2.24, 2.45) is 5.73 Å². The maximum atomic E-state index is 12.0. The highest BCUT2D eigenvalue weighted by atomic mass is 32.2. The number of hydrogen-bond acceptors (Lipinski definition) is 5. The fourth-order valence-electron chi connectivity index (χ4n) is 2.03. The molecule has 0 amide bonds. The second kappa shape index (κ2) is 5.79. The molecule has 2 atom stereocenters. The minimum absolute atomic E-state index is 0.0408. The van der Waals surface area contributed by atoms with Crippen LogP contribution < -0.4 is 5.73 Å². The number of carbonyl (C=O) groups is 1. The predicted molar refractivity (Wildman–Crippen MR) is 63.8 cm³/mol. The fourth-order valence-corrected chi connectivity index (χ4v) is 3.60. The Morgan fingerprint density at radius 2 is 2.18 bits per heavy atom. The highest BCUT2D eigenvalue weighted by Crippen LogP contribution is 2.19. The van der Waals surface area contributed by atoms with Crippen LogP contribution in [0.5, 0.6) is 0 Å². The molecule has 0 aromatic carbocycles. The number of piperidine rings is 1. The fraction of sp³-hybridized carbons (Fsp3) is 0.900. The van der Waals surface area contributed by atoms with Crippen molar-refractivity contribution in [2.45, 2.75) is 38.8 Å². The molecular weight excluding hydrogens is 244 g/mol. The van der Waals surface area contributed by atoms with Gasteiger partial charge in [-0.2, -0.15) is 4.31 Å². The Labute approximate surface area is 102 Å². The smallest absolute Gasteiger partial charge is 0.322 e. The third kappa shape index (κ3) is 3.93. The molecule has 6 nitrogen and oxygen atoms in total. The van der Waals surface area contributed by atoms with Crippen LogP contribution in [0, 0.1) is 0 Å². The molecule has 2 unspecified atom stereocenters. The van der Waals surface area contributed by atoms with Gasteiger partial charge in [0.05, 0.1) is 6.61 Å². The van der Waals surface area contributed by atoms with Crippen LogP contribution in [0.3, 0.4) is 0 Å². The quantitative estimate of drug-likeness (QED) is 0.704. The van der Waals surface area contributed by atoms with Crippen molar-refractivity contribution >= 4 is 16.0 Å². The van der Waals surface area contributed by atoms with E-state index in [1.54, 1.807) is 6.92 Å². The van der Waals surface area contributed by atoms with Gasteiger partial charge in [0, 0.05) is 18.6 Å². The van der Waals surface area contributed by atoms with Crippen LogP contribution in [0.1, 0.15) is 26.7 Å². The molecule has 0 aliphatic carbocycles. The molecule has 0 bridgehead atoms. The predicted octanol–water partition coefficient (Wildman–Crippen LogP) is -0.309. The molecule has 1 aliphatic heterocycles. The van der Waals surface area contributed by atoms with Crippen molar-refractivity contribution in [3.63, 3.8) is 0 Å². The zero-order valence-electron chi connectivity index (χ0n) is 10.3. The van der Waals surface area contributed by atoms with E-state index in [0.717, 1.165) is 0 Å².